The number of rotatable bonds is 3. The second-order valence-corrected chi connectivity index (χ2v) is 8.38. The van der Waals surface area contributed by atoms with Crippen molar-refractivity contribution in [3.05, 3.63) is 35.2 Å². The number of aryl methyl sites for hydroxylation is 2. The molecule has 2 aromatic rings. The number of sulfonamides is 1. The zero-order valence-electron chi connectivity index (χ0n) is 14.0. The van der Waals surface area contributed by atoms with Crippen molar-refractivity contribution >= 4 is 27.3 Å². The number of carbonyl (C=O) groups is 1. The minimum absolute atomic E-state index is 0.0192. The van der Waals surface area contributed by atoms with Crippen LogP contribution in [0.4, 0.5) is 11.4 Å². The van der Waals surface area contributed by atoms with Crippen LogP contribution in [0.25, 0.3) is 0 Å². The van der Waals surface area contributed by atoms with Crippen LogP contribution in [0.5, 0.6) is 0 Å². The highest BCUT2D eigenvalue weighted by Gasteiger charge is 2.48. The van der Waals surface area contributed by atoms with Crippen molar-refractivity contribution in [2.75, 3.05) is 10.0 Å². The van der Waals surface area contributed by atoms with Gasteiger partial charge in [0.2, 0.25) is 5.91 Å². The van der Waals surface area contributed by atoms with E-state index in [0.717, 1.165) is 36.9 Å². The number of aromatic nitrogens is 1. The quantitative estimate of drug-likeness (QED) is 0.875. The summed E-state index contributed by atoms with van der Waals surface area (Å²) in [5.41, 5.74) is 1.89. The van der Waals surface area contributed by atoms with Crippen molar-refractivity contribution < 1.29 is 17.7 Å². The Morgan fingerprint density at radius 1 is 1.24 bits per heavy atom. The van der Waals surface area contributed by atoms with Crippen LogP contribution in [0.3, 0.4) is 0 Å². The third kappa shape index (κ3) is 2.35. The lowest BCUT2D eigenvalue weighted by atomic mass is 9.80. The minimum atomic E-state index is -3.81. The molecule has 1 spiro atoms. The largest absolute Gasteiger partial charge is 0.360 e. The molecule has 132 valence electrons. The number of fused-ring (bicyclic) bond motifs is 2. The van der Waals surface area contributed by atoms with Gasteiger partial charge in [0.05, 0.1) is 5.41 Å². The summed E-state index contributed by atoms with van der Waals surface area (Å²) in [5.74, 6) is 0.265. The molecule has 1 aliphatic carbocycles. The van der Waals surface area contributed by atoms with Gasteiger partial charge in [0.25, 0.3) is 10.0 Å². The molecule has 25 heavy (non-hydrogen) atoms. The maximum absolute atomic E-state index is 12.7. The molecule has 0 radical (unpaired) electrons. The van der Waals surface area contributed by atoms with E-state index < -0.39 is 15.4 Å². The second kappa shape index (κ2) is 5.32. The number of nitrogens with zero attached hydrogens (tertiary/aromatic N) is 1. The van der Waals surface area contributed by atoms with Crippen LogP contribution in [0.15, 0.2) is 27.6 Å². The number of hydrogen-bond donors (Lipinski definition) is 2. The summed E-state index contributed by atoms with van der Waals surface area (Å²) < 4.78 is 32.9. The van der Waals surface area contributed by atoms with Gasteiger partial charge in [0.1, 0.15) is 5.69 Å². The molecule has 1 aliphatic heterocycles. The molecule has 2 heterocycles. The van der Waals surface area contributed by atoms with Gasteiger partial charge in [-0.05, 0) is 50.5 Å². The third-order valence-electron chi connectivity index (χ3n) is 5.16. The summed E-state index contributed by atoms with van der Waals surface area (Å²) in [5, 5.41) is 6.63. The number of anilines is 2. The van der Waals surface area contributed by atoms with Crippen LogP contribution in [0, 0.1) is 13.8 Å². The molecular formula is C17H19N3O4S. The van der Waals surface area contributed by atoms with Crippen molar-refractivity contribution in [1.29, 1.82) is 0 Å². The highest BCUT2D eigenvalue weighted by atomic mass is 32.2. The van der Waals surface area contributed by atoms with E-state index in [1.807, 2.05) is 0 Å². The molecule has 1 fully saturated rings. The Kier molecular flexibility index (Phi) is 3.44. The summed E-state index contributed by atoms with van der Waals surface area (Å²) in [7, 11) is -3.81. The normalized spacial score (nSPS) is 18.4. The first-order valence-electron chi connectivity index (χ1n) is 8.25. The fraction of sp³-hybridized carbons (Fsp3) is 0.412. The fourth-order valence-electron chi connectivity index (χ4n) is 4.02. The monoisotopic (exact) mass is 361 g/mol. The topological polar surface area (TPSA) is 101 Å². The highest BCUT2D eigenvalue weighted by Crippen LogP contribution is 2.49. The van der Waals surface area contributed by atoms with Crippen molar-refractivity contribution in [3.8, 4) is 0 Å². The molecule has 1 saturated carbocycles. The Morgan fingerprint density at radius 3 is 2.60 bits per heavy atom. The van der Waals surface area contributed by atoms with Gasteiger partial charge in [-0.15, -0.1) is 0 Å². The Balaban J connectivity index is 1.72. The zero-order chi connectivity index (χ0) is 17.8. The van der Waals surface area contributed by atoms with Crippen LogP contribution in [0.1, 0.15) is 42.7 Å². The lowest BCUT2D eigenvalue weighted by Crippen LogP contribution is -2.31. The summed E-state index contributed by atoms with van der Waals surface area (Å²) in [6.07, 6.45) is 3.60. The predicted octanol–water partition coefficient (Wildman–Crippen LogP) is 2.86. The maximum Gasteiger partial charge on any atom is 0.267 e. The average Bonchev–Trinajstić information content (AvgIpc) is 3.22. The average molecular weight is 361 g/mol. The fourth-order valence-corrected chi connectivity index (χ4v) is 5.40. The highest BCUT2D eigenvalue weighted by molar-refractivity contribution is 7.92. The Morgan fingerprint density at radius 2 is 1.96 bits per heavy atom. The van der Waals surface area contributed by atoms with E-state index in [4.69, 9.17) is 4.52 Å². The molecule has 2 N–H and O–H groups in total. The van der Waals surface area contributed by atoms with E-state index in [9.17, 15) is 13.2 Å². The molecule has 8 heteroatoms. The van der Waals surface area contributed by atoms with Crippen LogP contribution in [-0.2, 0) is 20.2 Å². The zero-order valence-corrected chi connectivity index (χ0v) is 14.9. The van der Waals surface area contributed by atoms with Crippen molar-refractivity contribution in [2.24, 2.45) is 0 Å². The van der Waals surface area contributed by atoms with Gasteiger partial charge in [-0.25, -0.2) is 8.42 Å². The number of benzene rings is 1. The molecular weight excluding hydrogens is 342 g/mol. The molecule has 0 atom stereocenters. The first-order valence-corrected chi connectivity index (χ1v) is 9.73. The van der Waals surface area contributed by atoms with Gasteiger partial charge in [-0.2, -0.15) is 0 Å². The Hall–Kier alpha value is -2.35. The lowest BCUT2D eigenvalue weighted by Gasteiger charge is -2.21. The van der Waals surface area contributed by atoms with Crippen LogP contribution in [0.2, 0.25) is 0 Å². The van der Waals surface area contributed by atoms with Gasteiger partial charge >= 0.3 is 0 Å². The molecule has 1 aromatic carbocycles. The van der Waals surface area contributed by atoms with Crippen molar-refractivity contribution in [1.82, 2.24) is 5.16 Å². The van der Waals surface area contributed by atoms with E-state index in [1.54, 1.807) is 32.0 Å². The number of hydrogen-bond acceptors (Lipinski definition) is 5. The second-order valence-electron chi connectivity index (χ2n) is 6.76. The molecule has 0 unspecified atom stereocenters. The summed E-state index contributed by atoms with van der Waals surface area (Å²) in [6.45, 7) is 3.15. The number of amides is 1. The van der Waals surface area contributed by atoms with Crippen LogP contribution >= 0.6 is 0 Å². The molecule has 4 rings (SSSR count). The number of carbonyl (C=O) groups excluding carboxylic acids is 1. The van der Waals surface area contributed by atoms with Crippen molar-refractivity contribution in [2.45, 2.75) is 49.8 Å². The van der Waals surface area contributed by atoms with Crippen molar-refractivity contribution in [3.63, 3.8) is 0 Å². The third-order valence-corrected chi connectivity index (χ3v) is 6.79. The first kappa shape index (κ1) is 16.1. The van der Waals surface area contributed by atoms with E-state index in [-0.39, 0.29) is 16.6 Å². The van der Waals surface area contributed by atoms with Gasteiger partial charge in [0, 0.05) is 11.4 Å². The summed E-state index contributed by atoms with van der Waals surface area (Å²) >= 11 is 0. The Bertz CT molecular complexity index is 952. The van der Waals surface area contributed by atoms with Gasteiger partial charge in [0.15, 0.2) is 10.7 Å². The van der Waals surface area contributed by atoms with E-state index in [1.165, 1.54) is 0 Å². The van der Waals surface area contributed by atoms with Crippen LogP contribution < -0.4 is 10.0 Å². The molecule has 0 bridgehead atoms. The molecule has 7 nitrogen and oxygen atoms in total. The standard InChI is InChI=1S/C17H19N3O4S/c1-10-15(11(2)24-19-10)25(22,23)20-12-5-6-14-13(9-12)17(16(21)18-14)7-3-4-8-17/h5-6,9,20H,3-4,7-8H2,1-2H3,(H,18,21). The lowest BCUT2D eigenvalue weighted by molar-refractivity contribution is -0.120. The molecule has 1 amide bonds. The first-order chi connectivity index (χ1) is 11.8. The smallest absolute Gasteiger partial charge is 0.267 e. The molecule has 0 saturated heterocycles. The van der Waals surface area contributed by atoms with Crippen LogP contribution in [-0.4, -0.2) is 19.5 Å². The van der Waals surface area contributed by atoms with E-state index in [0.29, 0.717) is 11.4 Å². The number of nitrogens with one attached hydrogen (secondary N) is 2. The van der Waals surface area contributed by atoms with E-state index >= 15 is 0 Å². The predicted molar refractivity (Wildman–Crippen MR) is 92.0 cm³/mol. The Labute approximate surface area is 145 Å². The summed E-state index contributed by atoms with van der Waals surface area (Å²) in [4.78, 5) is 12.5. The molecule has 1 aromatic heterocycles. The van der Waals surface area contributed by atoms with E-state index in [2.05, 4.69) is 15.2 Å². The maximum atomic E-state index is 12.7. The summed E-state index contributed by atoms with van der Waals surface area (Å²) in [6, 6.07) is 5.18. The van der Waals surface area contributed by atoms with Gasteiger partial charge < -0.3 is 9.84 Å². The minimum Gasteiger partial charge on any atom is -0.360 e. The SMILES string of the molecule is Cc1noc(C)c1S(=O)(=O)Nc1ccc2c(c1)C1(CCCC1)C(=O)N2. The van der Waals surface area contributed by atoms with Gasteiger partial charge in [-0.1, -0.05) is 18.0 Å². The van der Waals surface area contributed by atoms with Gasteiger partial charge in [-0.3, -0.25) is 9.52 Å². The molecule has 2 aliphatic rings.